The Morgan fingerprint density at radius 2 is 1.80 bits per heavy atom. The maximum absolute atomic E-state index is 5.02. The van der Waals surface area contributed by atoms with E-state index < -0.39 is 8.24 Å². The van der Waals surface area contributed by atoms with E-state index in [-0.39, 0.29) is 0 Å². The molecule has 0 saturated heterocycles. The monoisotopic (exact) mass is 151 g/mol. The second kappa shape index (κ2) is 3.46. The fourth-order valence-electron chi connectivity index (χ4n) is 0.301. The van der Waals surface area contributed by atoms with Gasteiger partial charge in [0, 0.05) is 0 Å². The van der Waals surface area contributed by atoms with E-state index in [2.05, 4.69) is 35.0 Å². The third kappa shape index (κ3) is 2.73. The van der Waals surface area contributed by atoms with Gasteiger partial charge in [0.15, 0.2) is 0 Å². The van der Waals surface area contributed by atoms with E-state index in [0.29, 0.717) is 0 Å². The minimum absolute atomic E-state index is 1.47. The molecule has 0 saturated carbocycles. The van der Waals surface area contributed by atoms with Crippen LogP contribution in [0.1, 0.15) is 0 Å². The third-order valence-corrected chi connectivity index (χ3v) is 4.53. The zero-order valence-electron chi connectivity index (χ0n) is 7.02. The fraction of sp³-hybridized carbons (Fsp3) is 0.500. The summed E-state index contributed by atoms with van der Waals surface area (Å²) < 4.78 is 2.16. The lowest BCUT2D eigenvalue weighted by molar-refractivity contribution is 0.635. The van der Waals surface area contributed by atoms with Crippen LogP contribution in [0.4, 0.5) is 0 Å². The summed E-state index contributed by atoms with van der Waals surface area (Å²) >= 11 is 0. The topological polar surface area (TPSA) is 3.24 Å². The molecule has 10 heavy (non-hydrogen) atoms. The van der Waals surface area contributed by atoms with Gasteiger partial charge < -0.3 is 4.57 Å². The molecule has 0 unspecified atom stereocenters. The number of rotatable bonds is 1. The highest BCUT2D eigenvalue weighted by Gasteiger charge is 2.20. The molecule has 2 heteroatoms. The molecule has 0 aromatic carbocycles. The van der Waals surface area contributed by atoms with Gasteiger partial charge in [0.25, 0.3) is 0 Å². The summed E-state index contributed by atoms with van der Waals surface area (Å²) in [6, 6.07) is 0. The van der Waals surface area contributed by atoms with Crippen LogP contribution in [-0.4, -0.2) is 26.9 Å². The predicted octanol–water partition coefficient (Wildman–Crippen LogP) is 0.929. The first-order chi connectivity index (χ1) is 4.50. The van der Waals surface area contributed by atoms with Gasteiger partial charge >= 0.3 is 0 Å². The number of nitrogens with zero attached hydrogens (tertiary/aromatic N) is 1. The van der Waals surface area contributed by atoms with E-state index in [9.17, 15) is 0 Å². The van der Waals surface area contributed by atoms with Crippen molar-refractivity contribution in [2.45, 2.75) is 13.1 Å². The molecule has 1 nitrogen and oxygen atoms in total. The van der Waals surface area contributed by atoms with Crippen molar-refractivity contribution in [3.05, 3.63) is 0 Å². The number of hydrogen-bond donors (Lipinski definition) is 0. The standard InChI is InChI=1S/C8H13NSi/c1-6-7-8-10(4,5)9(2)3/h1H,2-5H3. The molecular formula is C8H13NSi. The Morgan fingerprint density at radius 3 is 2.10 bits per heavy atom. The van der Waals surface area contributed by atoms with Gasteiger partial charge in [0.2, 0.25) is 8.24 Å². The highest BCUT2D eigenvalue weighted by molar-refractivity contribution is 6.82. The second-order valence-electron chi connectivity index (χ2n) is 2.85. The first-order valence-corrected chi connectivity index (χ1v) is 6.10. The van der Waals surface area contributed by atoms with Crippen molar-refractivity contribution in [3.8, 4) is 23.8 Å². The van der Waals surface area contributed by atoms with E-state index in [0.717, 1.165) is 0 Å². The normalized spacial score (nSPS) is 10.0. The van der Waals surface area contributed by atoms with Gasteiger partial charge in [-0.3, -0.25) is 0 Å². The Balaban J connectivity index is 4.30. The molecule has 0 aromatic rings. The van der Waals surface area contributed by atoms with E-state index in [1.165, 1.54) is 0 Å². The zero-order valence-corrected chi connectivity index (χ0v) is 8.02. The molecule has 0 bridgehead atoms. The summed E-state index contributed by atoms with van der Waals surface area (Å²) in [6.45, 7) is 4.33. The molecule has 0 N–H and O–H groups in total. The molecule has 0 aliphatic rings. The van der Waals surface area contributed by atoms with Crippen LogP contribution in [0.5, 0.6) is 0 Å². The van der Waals surface area contributed by atoms with Crippen LogP contribution in [-0.2, 0) is 0 Å². The summed E-state index contributed by atoms with van der Waals surface area (Å²) in [4.78, 5) is 0. The van der Waals surface area contributed by atoms with Crippen molar-refractivity contribution < 1.29 is 0 Å². The molecule has 54 valence electrons. The van der Waals surface area contributed by atoms with Crippen LogP contribution < -0.4 is 0 Å². The molecule has 0 aliphatic heterocycles. The second-order valence-corrected chi connectivity index (χ2v) is 7.11. The predicted molar refractivity (Wildman–Crippen MR) is 47.8 cm³/mol. The van der Waals surface area contributed by atoms with Crippen molar-refractivity contribution in [2.24, 2.45) is 0 Å². The largest absolute Gasteiger partial charge is 0.320 e. The fourth-order valence-corrected chi connectivity index (χ4v) is 0.903. The summed E-state index contributed by atoms with van der Waals surface area (Å²) in [6.07, 6.45) is 5.02. The summed E-state index contributed by atoms with van der Waals surface area (Å²) in [7, 11) is 2.61. The highest BCUT2D eigenvalue weighted by Crippen LogP contribution is 2.01. The van der Waals surface area contributed by atoms with Crippen LogP contribution in [0.15, 0.2) is 0 Å². The SMILES string of the molecule is C#CC#C[Si](C)(C)N(C)C. The quantitative estimate of drug-likeness (QED) is 0.398. The maximum atomic E-state index is 5.02. The van der Waals surface area contributed by atoms with E-state index in [1.807, 2.05) is 14.1 Å². The smallest absolute Gasteiger partial charge is 0.205 e. The van der Waals surface area contributed by atoms with E-state index >= 15 is 0 Å². The molecule has 0 radical (unpaired) electrons. The number of hydrogen-bond acceptors (Lipinski definition) is 1. The van der Waals surface area contributed by atoms with Crippen LogP contribution in [0.25, 0.3) is 0 Å². The lowest BCUT2D eigenvalue weighted by atomic mass is 10.7. The molecule has 0 heterocycles. The Morgan fingerprint density at radius 1 is 1.30 bits per heavy atom. The van der Waals surface area contributed by atoms with Crippen molar-refractivity contribution in [1.29, 1.82) is 0 Å². The van der Waals surface area contributed by atoms with Gasteiger partial charge in [-0.15, -0.1) is 6.42 Å². The third-order valence-electron chi connectivity index (χ3n) is 1.56. The van der Waals surface area contributed by atoms with Crippen molar-refractivity contribution in [1.82, 2.24) is 4.57 Å². The molecule has 0 aliphatic carbocycles. The van der Waals surface area contributed by atoms with Crippen LogP contribution in [0.2, 0.25) is 13.1 Å². The van der Waals surface area contributed by atoms with Crippen LogP contribution in [0.3, 0.4) is 0 Å². The van der Waals surface area contributed by atoms with Gasteiger partial charge in [0.05, 0.1) is 0 Å². The van der Waals surface area contributed by atoms with Gasteiger partial charge in [0.1, 0.15) is 0 Å². The molecule has 0 fully saturated rings. The van der Waals surface area contributed by atoms with Gasteiger partial charge in [-0.2, -0.15) is 0 Å². The van der Waals surface area contributed by atoms with Crippen molar-refractivity contribution in [3.63, 3.8) is 0 Å². The van der Waals surface area contributed by atoms with E-state index in [4.69, 9.17) is 6.42 Å². The zero-order chi connectivity index (χ0) is 8.20. The maximum Gasteiger partial charge on any atom is 0.205 e. The molecular weight excluding hydrogens is 138 g/mol. The van der Waals surface area contributed by atoms with Crippen molar-refractivity contribution >= 4 is 8.24 Å². The Bertz CT molecular complexity index is 200. The first kappa shape index (κ1) is 9.30. The van der Waals surface area contributed by atoms with Gasteiger partial charge in [-0.05, 0) is 39.0 Å². The minimum Gasteiger partial charge on any atom is -0.320 e. The highest BCUT2D eigenvalue weighted by atomic mass is 28.3. The number of terminal acetylenes is 1. The molecule has 0 atom stereocenters. The van der Waals surface area contributed by atoms with Gasteiger partial charge in [-0.1, -0.05) is 5.54 Å². The van der Waals surface area contributed by atoms with Crippen LogP contribution in [0, 0.1) is 23.8 Å². The minimum atomic E-state index is -1.47. The summed E-state index contributed by atoms with van der Waals surface area (Å²) in [5, 5.41) is 0. The van der Waals surface area contributed by atoms with E-state index in [1.54, 1.807) is 0 Å². The van der Waals surface area contributed by atoms with Crippen LogP contribution >= 0.6 is 0 Å². The average Bonchev–Trinajstić information content (AvgIpc) is 1.84. The molecule has 0 rings (SSSR count). The average molecular weight is 151 g/mol. The Kier molecular flexibility index (Phi) is 3.22. The first-order valence-electron chi connectivity index (χ1n) is 3.16. The Labute approximate surface area is 64.5 Å². The summed E-state index contributed by atoms with van der Waals surface area (Å²) in [5.74, 6) is 4.99. The van der Waals surface area contributed by atoms with Gasteiger partial charge in [-0.25, -0.2) is 0 Å². The summed E-state index contributed by atoms with van der Waals surface area (Å²) in [5.41, 5.74) is 3.09. The molecule has 0 amide bonds. The van der Waals surface area contributed by atoms with Crippen molar-refractivity contribution in [2.75, 3.05) is 14.1 Å². The molecule has 0 aromatic heterocycles. The molecule has 0 spiro atoms. The lowest BCUT2D eigenvalue weighted by Crippen LogP contribution is -2.42. The Hall–Kier alpha value is -0.703. The lowest BCUT2D eigenvalue weighted by Gasteiger charge is -2.23.